The Morgan fingerprint density at radius 2 is 2.12 bits per heavy atom. The van der Waals surface area contributed by atoms with Gasteiger partial charge in [-0.25, -0.2) is 0 Å². The maximum atomic E-state index is 11.9. The molecule has 1 rings (SSSR count). The van der Waals surface area contributed by atoms with Crippen molar-refractivity contribution in [2.45, 2.75) is 6.36 Å². The molecular weight excluding hydrogens is 360 g/mol. The van der Waals surface area contributed by atoms with E-state index in [-0.39, 0.29) is 9.86 Å². The van der Waals surface area contributed by atoms with Crippen LogP contribution in [0.5, 0.6) is 5.75 Å². The van der Waals surface area contributed by atoms with Gasteiger partial charge in [-0.15, -0.1) is 13.2 Å². The van der Waals surface area contributed by atoms with Gasteiger partial charge in [-0.2, -0.15) is 0 Å². The lowest BCUT2D eigenvalue weighted by molar-refractivity contribution is -0.390. The first-order valence-electron chi connectivity index (χ1n) is 3.80. The van der Waals surface area contributed by atoms with E-state index < -0.39 is 28.4 Å². The Bertz CT molecular complexity index is 477. The molecular formula is C7H2F3IN2O4. The van der Waals surface area contributed by atoms with Crippen molar-refractivity contribution in [1.82, 2.24) is 4.98 Å². The number of hydrogen-bond donors (Lipinski definition) is 0. The lowest BCUT2D eigenvalue weighted by atomic mass is 10.2. The molecule has 0 spiro atoms. The van der Waals surface area contributed by atoms with E-state index in [1.807, 2.05) is 0 Å². The molecule has 0 bridgehead atoms. The topological polar surface area (TPSA) is 82.3 Å². The summed E-state index contributed by atoms with van der Waals surface area (Å²) < 4.78 is 39.0. The van der Waals surface area contributed by atoms with Crippen LogP contribution in [0.4, 0.5) is 19.0 Å². The number of nitro groups is 1. The molecule has 92 valence electrons. The van der Waals surface area contributed by atoms with Crippen molar-refractivity contribution < 1.29 is 27.6 Å². The minimum atomic E-state index is -5.00. The van der Waals surface area contributed by atoms with Crippen LogP contribution in [-0.4, -0.2) is 22.6 Å². The molecule has 1 aromatic rings. The number of carbonyl (C=O) groups excluding carboxylic acids is 1. The van der Waals surface area contributed by atoms with E-state index in [9.17, 15) is 28.1 Å². The smallest absolute Gasteiger partial charge is 0.401 e. The summed E-state index contributed by atoms with van der Waals surface area (Å²) in [4.78, 5) is 23.3. The zero-order chi connectivity index (χ0) is 13.2. The zero-order valence-electron chi connectivity index (χ0n) is 7.69. The predicted molar refractivity (Wildman–Crippen MR) is 55.7 cm³/mol. The largest absolute Gasteiger partial charge is 0.573 e. The molecule has 1 heterocycles. The SMILES string of the molecule is O=Cc1c(OC(F)(F)F)cnc([N+](=O)[O-])c1I. The highest BCUT2D eigenvalue weighted by Gasteiger charge is 2.34. The second-order valence-corrected chi connectivity index (χ2v) is 3.68. The van der Waals surface area contributed by atoms with E-state index in [1.165, 1.54) is 22.6 Å². The van der Waals surface area contributed by atoms with Gasteiger partial charge in [-0.05, 0) is 32.5 Å². The van der Waals surface area contributed by atoms with Crippen molar-refractivity contribution >= 4 is 34.7 Å². The lowest BCUT2D eigenvalue weighted by Crippen LogP contribution is -2.19. The molecule has 0 aliphatic carbocycles. The number of pyridine rings is 1. The minimum absolute atomic E-state index is 0.0392. The summed E-state index contributed by atoms with van der Waals surface area (Å²) in [6.45, 7) is 0. The Morgan fingerprint density at radius 3 is 2.53 bits per heavy atom. The molecule has 0 saturated heterocycles. The van der Waals surface area contributed by atoms with Crippen molar-refractivity contribution in [3.63, 3.8) is 0 Å². The van der Waals surface area contributed by atoms with Gasteiger partial charge in [0.1, 0.15) is 3.57 Å². The second kappa shape index (κ2) is 4.81. The second-order valence-electron chi connectivity index (χ2n) is 2.60. The molecule has 0 aliphatic heterocycles. The summed E-state index contributed by atoms with van der Waals surface area (Å²) in [7, 11) is 0. The first-order chi connectivity index (χ1) is 7.76. The molecule has 17 heavy (non-hydrogen) atoms. The van der Waals surface area contributed by atoms with Crippen LogP contribution >= 0.6 is 22.6 Å². The van der Waals surface area contributed by atoms with Gasteiger partial charge < -0.3 is 14.9 Å². The van der Waals surface area contributed by atoms with Gasteiger partial charge in [0.05, 0.1) is 5.56 Å². The zero-order valence-corrected chi connectivity index (χ0v) is 9.85. The molecule has 0 fully saturated rings. The third-order valence-corrected chi connectivity index (χ3v) is 2.58. The molecule has 0 aliphatic rings. The van der Waals surface area contributed by atoms with Crippen molar-refractivity contribution in [1.29, 1.82) is 0 Å². The summed E-state index contributed by atoms with van der Waals surface area (Å²) >= 11 is 1.35. The van der Waals surface area contributed by atoms with Crippen LogP contribution in [0.1, 0.15) is 10.4 Å². The Labute approximate surface area is 105 Å². The normalized spacial score (nSPS) is 11.1. The molecule has 0 saturated carbocycles. The van der Waals surface area contributed by atoms with Gasteiger partial charge >= 0.3 is 12.2 Å². The average Bonchev–Trinajstić information content (AvgIpc) is 2.15. The summed E-state index contributed by atoms with van der Waals surface area (Å²) in [6.07, 6.45) is -4.48. The fourth-order valence-electron chi connectivity index (χ4n) is 0.918. The molecule has 0 unspecified atom stereocenters. The summed E-state index contributed by atoms with van der Waals surface area (Å²) in [5.74, 6) is -1.58. The number of alkyl halides is 3. The third kappa shape index (κ3) is 3.25. The number of hydrogen-bond acceptors (Lipinski definition) is 5. The standard InChI is InChI=1S/C7H2F3IN2O4/c8-7(9,10)17-4-1-12-6(13(15)16)5(11)3(4)2-14/h1-2H. The molecule has 10 heteroatoms. The number of nitrogens with zero attached hydrogens (tertiary/aromatic N) is 2. The van der Waals surface area contributed by atoms with E-state index >= 15 is 0 Å². The molecule has 0 atom stereocenters. The Kier molecular flexibility index (Phi) is 3.85. The van der Waals surface area contributed by atoms with Crippen LogP contribution in [0.25, 0.3) is 0 Å². The molecule has 0 amide bonds. The first kappa shape index (κ1) is 13.6. The third-order valence-electron chi connectivity index (χ3n) is 1.52. The molecule has 0 radical (unpaired) electrons. The van der Waals surface area contributed by atoms with Crippen molar-refractivity contribution in [2.75, 3.05) is 0 Å². The van der Waals surface area contributed by atoms with Crippen LogP contribution in [0.15, 0.2) is 6.20 Å². The van der Waals surface area contributed by atoms with Gasteiger partial charge in [0, 0.05) is 0 Å². The van der Waals surface area contributed by atoms with E-state index in [0.717, 1.165) is 0 Å². The van der Waals surface area contributed by atoms with Gasteiger partial charge in [0.25, 0.3) is 0 Å². The number of carbonyl (C=O) groups is 1. The summed E-state index contributed by atoms with van der Waals surface area (Å²) in [5, 5.41) is 10.4. The molecule has 0 N–H and O–H groups in total. The van der Waals surface area contributed by atoms with Crippen LogP contribution < -0.4 is 4.74 Å². The fourth-order valence-corrected chi connectivity index (χ4v) is 1.65. The Morgan fingerprint density at radius 1 is 1.53 bits per heavy atom. The quantitative estimate of drug-likeness (QED) is 0.357. The predicted octanol–water partition coefficient (Wildman–Crippen LogP) is 2.31. The van der Waals surface area contributed by atoms with Crippen molar-refractivity contribution in [3.8, 4) is 5.75 Å². The number of rotatable bonds is 3. The fraction of sp³-hybridized carbons (Fsp3) is 0.143. The highest BCUT2D eigenvalue weighted by atomic mass is 127. The number of aromatic nitrogens is 1. The first-order valence-corrected chi connectivity index (χ1v) is 4.88. The number of aldehydes is 1. The molecule has 0 aromatic carbocycles. The van der Waals surface area contributed by atoms with E-state index in [1.54, 1.807) is 0 Å². The highest BCUT2D eigenvalue weighted by Crippen LogP contribution is 2.31. The minimum Gasteiger partial charge on any atom is -0.401 e. The molecule has 1 aromatic heterocycles. The molecule has 6 nitrogen and oxygen atoms in total. The van der Waals surface area contributed by atoms with E-state index in [0.29, 0.717) is 6.20 Å². The number of ether oxygens (including phenoxy) is 1. The lowest BCUT2D eigenvalue weighted by Gasteiger charge is -2.09. The van der Waals surface area contributed by atoms with Crippen molar-refractivity contribution in [2.24, 2.45) is 0 Å². The maximum Gasteiger partial charge on any atom is 0.573 e. The monoisotopic (exact) mass is 362 g/mol. The average molecular weight is 362 g/mol. The van der Waals surface area contributed by atoms with Crippen LogP contribution in [-0.2, 0) is 0 Å². The van der Waals surface area contributed by atoms with Crippen LogP contribution in [0.2, 0.25) is 0 Å². The van der Waals surface area contributed by atoms with Gasteiger partial charge in [0.2, 0.25) is 0 Å². The summed E-state index contributed by atoms with van der Waals surface area (Å²) in [6, 6.07) is 0. The van der Waals surface area contributed by atoms with E-state index in [2.05, 4.69) is 9.72 Å². The Balaban J connectivity index is 3.31. The van der Waals surface area contributed by atoms with Crippen LogP contribution in [0, 0.1) is 13.7 Å². The highest BCUT2D eigenvalue weighted by molar-refractivity contribution is 14.1. The number of halogens is 4. The van der Waals surface area contributed by atoms with Crippen LogP contribution in [0.3, 0.4) is 0 Å². The van der Waals surface area contributed by atoms with Crippen molar-refractivity contribution in [3.05, 3.63) is 25.4 Å². The maximum absolute atomic E-state index is 11.9. The van der Waals surface area contributed by atoms with Gasteiger partial charge in [0.15, 0.2) is 18.2 Å². The van der Waals surface area contributed by atoms with Gasteiger partial charge in [-0.1, -0.05) is 0 Å². The van der Waals surface area contributed by atoms with E-state index in [4.69, 9.17) is 0 Å². The van der Waals surface area contributed by atoms with Gasteiger partial charge in [-0.3, -0.25) is 4.79 Å². The summed E-state index contributed by atoms with van der Waals surface area (Å²) in [5.41, 5.74) is -0.565. The Hall–Kier alpha value is -1.46.